The van der Waals surface area contributed by atoms with Crippen LogP contribution in [-0.2, 0) is 21.2 Å². The van der Waals surface area contributed by atoms with E-state index in [-0.39, 0.29) is 17.3 Å². The van der Waals surface area contributed by atoms with Crippen molar-refractivity contribution in [1.82, 2.24) is 24.5 Å². The van der Waals surface area contributed by atoms with Crippen molar-refractivity contribution in [2.75, 3.05) is 18.4 Å². The highest BCUT2D eigenvalue weighted by Crippen LogP contribution is 2.27. The largest absolute Gasteiger partial charge is 0.325 e. The first-order valence-corrected chi connectivity index (χ1v) is 12.1. The molecule has 1 aliphatic heterocycles. The summed E-state index contributed by atoms with van der Waals surface area (Å²) in [7, 11) is -3.72. The van der Waals surface area contributed by atoms with Crippen LogP contribution in [0.3, 0.4) is 0 Å². The van der Waals surface area contributed by atoms with E-state index in [0.717, 1.165) is 23.2 Å². The molecule has 32 heavy (non-hydrogen) atoms. The number of rotatable bonds is 6. The molecule has 0 radical (unpaired) electrons. The molecule has 1 atom stereocenters. The monoisotopic (exact) mass is 454 g/mol. The summed E-state index contributed by atoms with van der Waals surface area (Å²) in [5, 5.41) is 14.0. The number of carbonyl (C=O) groups is 1. The molecule has 1 amide bonds. The standard InChI is InChI=1S/C22H26N6O3S/c1-3-17-7-4-6-16(2)21(17)24-22(29)18-8-5-13-27(14-18)32(30,31)20-11-9-19(10-12-20)28-15-23-25-26-28/h4,6-7,9-12,15,18H,3,5,8,13-14H2,1-2H3,(H,24,29)/t18-/m1/s1. The summed E-state index contributed by atoms with van der Waals surface area (Å²) >= 11 is 0. The maximum atomic E-state index is 13.2. The molecule has 4 rings (SSSR count). The van der Waals surface area contributed by atoms with Crippen LogP contribution in [0.4, 0.5) is 5.69 Å². The minimum atomic E-state index is -3.72. The number of carbonyl (C=O) groups excluding carboxylic acids is 1. The topological polar surface area (TPSA) is 110 Å². The molecule has 9 nitrogen and oxygen atoms in total. The van der Waals surface area contributed by atoms with Crippen molar-refractivity contribution in [2.45, 2.75) is 38.0 Å². The predicted octanol–water partition coefficient (Wildman–Crippen LogP) is 2.57. The van der Waals surface area contributed by atoms with Crippen LogP contribution < -0.4 is 5.32 Å². The van der Waals surface area contributed by atoms with Gasteiger partial charge >= 0.3 is 0 Å². The third kappa shape index (κ3) is 4.42. The van der Waals surface area contributed by atoms with Gasteiger partial charge in [-0.2, -0.15) is 4.31 Å². The number of aromatic nitrogens is 4. The molecule has 0 bridgehead atoms. The van der Waals surface area contributed by atoms with E-state index in [0.29, 0.717) is 25.1 Å². The third-order valence-electron chi connectivity index (χ3n) is 5.83. The van der Waals surface area contributed by atoms with Crippen LogP contribution in [0.5, 0.6) is 0 Å². The zero-order valence-electron chi connectivity index (χ0n) is 18.1. The van der Waals surface area contributed by atoms with Crippen LogP contribution >= 0.6 is 0 Å². The second-order valence-electron chi connectivity index (χ2n) is 7.90. The molecule has 1 saturated heterocycles. The van der Waals surface area contributed by atoms with Gasteiger partial charge in [0.1, 0.15) is 6.33 Å². The highest BCUT2D eigenvalue weighted by molar-refractivity contribution is 7.89. The number of hydrogen-bond acceptors (Lipinski definition) is 6. The molecular formula is C22H26N6O3S. The van der Waals surface area contributed by atoms with Crippen LogP contribution in [0.25, 0.3) is 5.69 Å². The Morgan fingerprint density at radius 1 is 1.19 bits per heavy atom. The molecule has 0 saturated carbocycles. The molecule has 1 aliphatic rings. The quantitative estimate of drug-likeness (QED) is 0.613. The van der Waals surface area contributed by atoms with E-state index in [2.05, 4.69) is 20.8 Å². The molecule has 1 N–H and O–H groups in total. The summed E-state index contributed by atoms with van der Waals surface area (Å²) in [6.07, 6.45) is 3.54. The van der Waals surface area contributed by atoms with E-state index in [9.17, 15) is 13.2 Å². The Hall–Kier alpha value is -3.11. The minimum absolute atomic E-state index is 0.136. The van der Waals surface area contributed by atoms with Crippen molar-refractivity contribution in [3.05, 3.63) is 59.9 Å². The SMILES string of the molecule is CCc1cccc(C)c1NC(=O)[C@@H]1CCCN(S(=O)(=O)c2ccc(-n3cnnn3)cc2)C1. The van der Waals surface area contributed by atoms with Gasteiger partial charge in [0.05, 0.1) is 16.5 Å². The number of nitrogens with one attached hydrogen (secondary N) is 1. The maximum absolute atomic E-state index is 13.2. The van der Waals surface area contributed by atoms with Crippen molar-refractivity contribution in [1.29, 1.82) is 0 Å². The zero-order chi connectivity index (χ0) is 22.7. The van der Waals surface area contributed by atoms with Gasteiger partial charge in [0, 0.05) is 18.8 Å². The molecule has 0 unspecified atom stereocenters. The summed E-state index contributed by atoms with van der Waals surface area (Å²) in [4.78, 5) is 13.2. The van der Waals surface area contributed by atoms with Crippen LogP contribution in [0.1, 0.15) is 30.9 Å². The molecule has 0 spiro atoms. The minimum Gasteiger partial charge on any atom is -0.325 e. The molecule has 1 fully saturated rings. The van der Waals surface area contributed by atoms with Crippen LogP contribution in [0.2, 0.25) is 0 Å². The molecule has 3 aromatic rings. The van der Waals surface area contributed by atoms with Gasteiger partial charge in [-0.3, -0.25) is 4.79 Å². The number of aryl methyl sites for hydroxylation is 2. The zero-order valence-corrected chi connectivity index (χ0v) is 18.9. The lowest BCUT2D eigenvalue weighted by Crippen LogP contribution is -2.43. The first-order valence-electron chi connectivity index (χ1n) is 10.6. The van der Waals surface area contributed by atoms with Crippen LogP contribution in [0.15, 0.2) is 53.7 Å². The van der Waals surface area contributed by atoms with Gasteiger partial charge in [0.15, 0.2) is 0 Å². The summed E-state index contributed by atoms with van der Waals surface area (Å²) in [6.45, 7) is 4.57. The fourth-order valence-electron chi connectivity index (χ4n) is 4.00. The van der Waals surface area contributed by atoms with Gasteiger partial charge in [0.25, 0.3) is 0 Å². The molecule has 2 heterocycles. The molecule has 1 aromatic heterocycles. The van der Waals surface area contributed by atoms with Crippen LogP contribution in [0, 0.1) is 12.8 Å². The summed E-state index contributed by atoms with van der Waals surface area (Å²) in [5.41, 5.74) is 3.56. The van der Waals surface area contributed by atoms with Crippen molar-refractivity contribution >= 4 is 21.6 Å². The highest BCUT2D eigenvalue weighted by atomic mass is 32.2. The third-order valence-corrected chi connectivity index (χ3v) is 7.71. The Labute approximate surface area is 187 Å². The summed E-state index contributed by atoms with van der Waals surface area (Å²) in [5.74, 6) is -0.536. The predicted molar refractivity (Wildman–Crippen MR) is 120 cm³/mol. The molecule has 168 valence electrons. The summed E-state index contributed by atoms with van der Waals surface area (Å²) < 4.78 is 29.3. The van der Waals surface area contributed by atoms with Gasteiger partial charge in [-0.05, 0) is 72.0 Å². The second-order valence-corrected chi connectivity index (χ2v) is 9.84. The number of benzene rings is 2. The summed E-state index contributed by atoms with van der Waals surface area (Å²) in [6, 6.07) is 12.3. The van der Waals surface area contributed by atoms with Gasteiger partial charge in [-0.15, -0.1) is 5.10 Å². The highest BCUT2D eigenvalue weighted by Gasteiger charge is 2.33. The Morgan fingerprint density at radius 2 is 1.97 bits per heavy atom. The number of nitrogens with zero attached hydrogens (tertiary/aromatic N) is 5. The average molecular weight is 455 g/mol. The number of hydrogen-bond donors (Lipinski definition) is 1. The molecule has 0 aliphatic carbocycles. The fraction of sp³-hybridized carbons (Fsp3) is 0.364. The van der Waals surface area contributed by atoms with E-state index in [1.54, 1.807) is 12.1 Å². The first kappa shape index (κ1) is 22.1. The number of para-hydroxylation sites is 1. The number of piperidine rings is 1. The average Bonchev–Trinajstić information content (AvgIpc) is 3.35. The second kappa shape index (κ2) is 9.17. The molecule has 10 heteroatoms. The van der Waals surface area contributed by atoms with E-state index < -0.39 is 15.9 Å². The number of sulfonamides is 1. The Balaban J connectivity index is 1.49. The van der Waals surface area contributed by atoms with Gasteiger partial charge in [0.2, 0.25) is 15.9 Å². The van der Waals surface area contributed by atoms with Gasteiger partial charge in [-0.25, -0.2) is 13.1 Å². The van der Waals surface area contributed by atoms with E-state index >= 15 is 0 Å². The van der Waals surface area contributed by atoms with Crippen molar-refractivity contribution in [3.8, 4) is 5.69 Å². The van der Waals surface area contributed by atoms with E-state index in [1.165, 1.54) is 27.4 Å². The number of anilines is 1. The van der Waals surface area contributed by atoms with Gasteiger partial charge < -0.3 is 5.32 Å². The lowest BCUT2D eigenvalue weighted by molar-refractivity contribution is -0.120. The van der Waals surface area contributed by atoms with E-state index in [4.69, 9.17) is 0 Å². The van der Waals surface area contributed by atoms with E-state index in [1.807, 2.05) is 32.0 Å². The van der Waals surface area contributed by atoms with Crippen LogP contribution in [-0.4, -0.2) is 51.9 Å². The first-order chi connectivity index (χ1) is 15.4. The fourth-order valence-corrected chi connectivity index (χ4v) is 5.53. The Morgan fingerprint density at radius 3 is 2.66 bits per heavy atom. The number of amides is 1. The lowest BCUT2D eigenvalue weighted by atomic mass is 9.98. The normalized spacial score (nSPS) is 17.2. The van der Waals surface area contributed by atoms with Crippen molar-refractivity contribution in [2.24, 2.45) is 5.92 Å². The van der Waals surface area contributed by atoms with Gasteiger partial charge in [-0.1, -0.05) is 25.1 Å². The van der Waals surface area contributed by atoms with Crippen molar-refractivity contribution in [3.63, 3.8) is 0 Å². The molecular weight excluding hydrogens is 428 g/mol. The van der Waals surface area contributed by atoms with Crippen molar-refractivity contribution < 1.29 is 13.2 Å². The lowest BCUT2D eigenvalue weighted by Gasteiger charge is -2.31. The molecule has 2 aromatic carbocycles. The Kier molecular flexibility index (Phi) is 6.33. The smallest absolute Gasteiger partial charge is 0.243 e. The number of tetrazole rings is 1. The maximum Gasteiger partial charge on any atom is 0.243 e. The Bertz CT molecular complexity index is 1190.